The number of aromatic nitrogens is 4. The maximum atomic E-state index is 13.2. The van der Waals surface area contributed by atoms with Gasteiger partial charge in [-0.25, -0.2) is 15.0 Å². The number of amides is 3. The number of nitrogens with zero attached hydrogens (tertiary/aromatic N) is 4. The summed E-state index contributed by atoms with van der Waals surface area (Å²) in [6, 6.07) is 4.10. The zero-order chi connectivity index (χ0) is 42.8. The molecule has 0 unspecified atom stereocenters. The Bertz CT molecular complexity index is 2000. The van der Waals surface area contributed by atoms with Crippen molar-refractivity contribution in [2.45, 2.75) is 70.5 Å². The molecule has 3 aromatic rings. The molecule has 18 nitrogen and oxygen atoms in total. The second kappa shape index (κ2) is 23.5. The van der Waals surface area contributed by atoms with Gasteiger partial charge >= 0.3 is 0 Å². The first-order valence-electron chi connectivity index (χ1n) is 18.2. The number of aryl methyl sites for hydroxylation is 1. The number of thiol groups is 1. The van der Waals surface area contributed by atoms with Crippen LogP contribution < -0.4 is 38.3 Å². The van der Waals surface area contributed by atoms with Gasteiger partial charge in [0.1, 0.15) is 11.6 Å². The third kappa shape index (κ3) is 15.7. The summed E-state index contributed by atoms with van der Waals surface area (Å²) in [6.45, 7) is 21.1. The number of H-pyrrole nitrogens is 1. The summed E-state index contributed by atoms with van der Waals surface area (Å²) >= 11 is 3.98. The summed E-state index contributed by atoms with van der Waals surface area (Å²) in [5.41, 5.74) is 12.3. The average Bonchev–Trinajstić information content (AvgIpc) is 3.18. The van der Waals surface area contributed by atoms with Gasteiger partial charge in [-0.2, -0.15) is 12.6 Å². The second-order valence-corrected chi connectivity index (χ2v) is 13.5. The number of ketones is 3. The number of nitrogens with two attached hydrogens (primary N) is 2. The number of guanidine groups is 1. The Morgan fingerprint density at radius 3 is 2.34 bits per heavy atom. The highest BCUT2D eigenvalue weighted by Crippen LogP contribution is 2.14. The maximum absolute atomic E-state index is 13.2. The number of hydrogen-bond acceptors (Lipinski definition) is 13. The molecular formula is C39H47N11O7S. The van der Waals surface area contributed by atoms with Crippen molar-refractivity contribution in [3.8, 4) is 0 Å². The topological polar surface area (TPSA) is 286 Å². The molecule has 2 heterocycles. The summed E-state index contributed by atoms with van der Waals surface area (Å²) < 4.78 is 0. The molecule has 306 valence electrons. The maximum Gasteiger partial charge on any atom is 0.279 e. The van der Waals surface area contributed by atoms with Crippen LogP contribution in [0.5, 0.6) is 0 Å². The van der Waals surface area contributed by atoms with Crippen molar-refractivity contribution < 1.29 is 28.8 Å². The number of fused-ring (bicyclic) bond motifs is 1. The zero-order valence-electron chi connectivity index (χ0n) is 31.9. The van der Waals surface area contributed by atoms with E-state index >= 15 is 0 Å². The number of Topliss-reactive ketones (excluding diaryl/α,β-unsaturated/α-hetero) is 3. The van der Waals surface area contributed by atoms with Crippen LogP contribution in [0.2, 0.25) is 0 Å². The lowest BCUT2D eigenvalue weighted by Gasteiger charge is -2.22. The van der Waals surface area contributed by atoms with E-state index in [1.807, 2.05) is 0 Å². The largest absolute Gasteiger partial charge is 0.379 e. The molecule has 4 atom stereocenters. The number of aliphatic imine (C=N–C) groups is 1. The van der Waals surface area contributed by atoms with Crippen LogP contribution in [0, 0.1) is 52.5 Å². The van der Waals surface area contributed by atoms with Crippen molar-refractivity contribution in [2.24, 2.45) is 28.3 Å². The monoisotopic (exact) mass is 813 g/mol. The van der Waals surface area contributed by atoms with Crippen LogP contribution in [-0.4, -0.2) is 85.3 Å². The zero-order valence-corrected chi connectivity index (χ0v) is 32.8. The first-order valence-corrected chi connectivity index (χ1v) is 18.8. The van der Waals surface area contributed by atoms with Crippen molar-refractivity contribution in [3.05, 3.63) is 91.6 Å². The van der Waals surface area contributed by atoms with E-state index in [9.17, 15) is 33.6 Å². The molecule has 0 aliphatic heterocycles. The molecule has 1 aromatic carbocycles. The van der Waals surface area contributed by atoms with E-state index in [1.54, 1.807) is 37.6 Å². The normalized spacial score (nSPS) is 13.1. The SMILES string of the molecule is [CH][C@H](CC(=O)[C@H](CCCN=C(N)N)NC(=O)[C@H]([CH])CC(=O)CC[CH]NC(=O)c1ccc(NCc2cnc3nc(C)[nH]c(=O)c3n2)cc1)C(=O)N[C@@H]([CH])C(=O)C[CH]CS. The fourth-order valence-electron chi connectivity index (χ4n) is 5.22. The van der Waals surface area contributed by atoms with E-state index < -0.39 is 59.6 Å². The van der Waals surface area contributed by atoms with Gasteiger partial charge in [0.05, 0.1) is 30.5 Å². The van der Waals surface area contributed by atoms with Gasteiger partial charge in [-0.05, 0) is 83.4 Å². The molecule has 0 aliphatic rings. The van der Waals surface area contributed by atoms with Gasteiger partial charge in [-0.15, -0.1) is 0 Å². The number of hydrogen-bond donors (Lipinski definition) is 8. The van der Waals surface area contributed by atoms with Crippen LogP contribution in [-0.2, 0) is 30.5 Å². The van der Waals surface area contributed by atoms with Gasteiger partial charge in [-0.1, -0.05) is 0 Å². The van der Waals surface area contributed by atoms with Crippen LogP contribution >= 0.6 is 12.6 Å². The summed E-state index contributed by atoms with van der Waals surface area (Å²) in [5, 5.41) is 10.6. The van der Waals surface area contributed by atoms with E-state index in [-0.39, 0.29) is 80.1 Å². The number of rotatable bonds is 25. The summed E-state index contributed by atoms with van der Waals surface area (Å²) in [6.07, 6.45) is 2.63. The highest BCUT2D eigenvalue weighted by molar-refractivity contribution is 7.80. The predicted octanol–water partition coefficient (Wildman–Crippen LogP) is 0.706. The fraction of sp³-hybridized carbons (Fsp3) is 0.385. The lowest BCUT2D eigenvalue weighted by Crippen LogP contribution is -2.46. The smallest absolute Gasteiger partial charge is 0.279 e. The van der Waals surface area contributed by atoms with E-state index in [1.165, 1.54) is 12.7 Å². The molecule has 0 spiro atoms. The van der Waals surface area contributed by atoms with E-state index in [0.717, 1.165) is 0 Å². The van der Waals surface area contributed by atoms with Crippen molar-refractivity contribution in [3.63, 3.8) is 0 Å². The summed E-state index contributed by atoms with van der Waals surface area (Å²) in [7, 11) is 0. The fourth-order valence-corrected chi connectivity index (χ4v) is 5.35. The van der Waals surface area contributed by atoms with Crippen LogP contribution in [0.25, 0.3) is 11.2 Å². The number of anilines is 1. The van der Waals surface area contributed by atoms with Crippen LogP contribution in [0.15, 0.2) is 40.2 Å². The Labute approximate surface area is 342 Å². The highest BCUT2D eigenvalue weighted by atomic mass is 32.1. The Morgan fingerprint density at radius 1 is 0.966 bits per heavy atom. The number of benzene rings is 1. The second-order valence-electron chi connectivity index (χ2n) is 13.1. The van der Waals surface area contributed by atoms with Gasteiger partial charge < -0.3 is 37.7 Å². The van der Waals surface area contributed by atoms with Gasteiger partial charge in [0, 0.05) is 61.9 Å². The van der Waals surface area contributed by atoms with Gasteiger partial charge in [-0.3, -0.25) is 38.6 Å². The molecule has 8 radical (unpaired) electrons. The average molecular weight is 814 g/mol. The quantitative estimate of drug-likeness (QED) is 0.0254. The number of carbonyl (C=O) groups is 6. The van der Waals surface area contributed by atoms with Crippen LogP contribution in [0.3, 0.4) is 0 Å². The number of aromatic amines is 1. The Morgan fingerprint density at radius 2 is 1.66 bits per heavy atom. The van der Waals surface area contributed by atoms with Crippen molar-refractivity contribution >= 4 is 70.5 Å². The lowest BCUT2D eigenvalue weighted by molar-refractivity contribution is -0.133. The first kappa shape index (κ1) is 46.7. The molecule has 0 aliphatic carbocycles. The standard InChI is InChI=1S/C39H47N11O7S/c1-22(36(55)50-30(9-6-16-43-39(40)41)32(53)19-23(2)35(54)46-24(3)31(52)10-7-17-58)18-29(51)8-5-15-42-37(56)26-11-13-27(14-12-26)44-20-28-21-45-34-33(49-28)38(57)48-25(4)47-34/h1-3,7,11-15,21-24,30,44,58H,5-6,8-10,16-20H2,4H3,(H,42,56)(H,46,54)(H,50,55)(H4,40,41,43)(H,45,47,48,57)/t22-,23-,24+,30+/m1/s1. The third-order valence-corrected chi connectivity index (χ3v) is 8.58. The van der Waals surface area contributed by atoms with Crippen molar-refractivity contribution in [1.82, 2.24) is 35.9 Å². The molecule has 2 aromatic heterocycles. The van der Waals surface area contributed by atoms with E-state index in [4.69, 9.17) is 32.2 Å². The molecular weight excluding hydrogens is 767 g/mol. The van der Waals surface area contributed by atoms with Gasteiger partial charge in [0.25, 0.3) is 11.5 Å². The third-order valence-electron chi connectivity index (χ3n) is 8.32. The van der Waals surface area contributed by atoms with Crippen molar-refractivity contribution in [2.75, 3.05) is 17.6 Å². The Balaban J connectivity index is 1.43. The highest BCUT2D eigenvalue weighted by Gasteiger charge is 2.28. The molecule has 3 rings (SSSR count). The first-order chi connectivity index (χ1) is 27.6. The minimum Gasteiger partial charge on any atom is -0.379 e. The molecule has 0 fully saturated rings. The molecule has 0 saturated heterocycles. The van der Waals surface area contributed by atoms with Crippen LogP contribution in [0.4, 0.5) is 5.69 Å². The molecule has 3 amide bonds. The Hall–Kier alpha value is -5.72. The molecule has 58 heavy (non-hydrogen) atoms. The molecule has 9 N–H and O–H groups in total. The minimum atomic E-state index is -1.39. The van der Waals surface area contributed by atoms with Crippen molar-refractivity contribution in [1.29, 1.82) is 0 Å². The van der Waals surface area contributed by atoms with E-state index in [2.05, 4.69) is 58.8 Å². The van der Waals surface area contributed by atoms with Crippen LogP contribution in [0.1, 0.15) is 66.8 Å². The number of nitrogens with one attached hydrogen (secondary N) is 5. The minimum absolute atomic E-state index is 0.0213. The lowest BCUT2D eigenvalue weighted by atomic mass is 9.95. The number of carbonyl (C=O) groups excluding carboxylic acids is 6. The molecule has 19 heteroatoms. The molecule has 0 bridgehead atoms. The summed E-state index contributed by atoms with van der Waals surface area (Å²) in [4.78, 5) is 107. The van der Waals surface area contributed by atoms with Gasteiger partial charge in [0.15, 0.2) is 28.7 Å². The predicted molar refractivity (Wildman–Crippen MR) is 218 cm³/mol. The Kier molecular flexibility index (Phi) is 18.9. The molecule has 0 saturated carbocycles. The van der Waals surface area contributed by atoms with E-state index in [0.29, 0.717) is 28.5 Å². The van der Waals surface area contributed by atoms with Gasteiger partial charge in [0.2, 0.25) is 11.8 Å². The summed E-state index contributed by atoms with van der Waals surface area (Å²) in [5.74, 6) is -5.59.